The van der Waals surface area contributed by atoms with Crippen molar-refractivity contribution >= 4 is 11.0 Å². The monoisotopic (exact) mass is 388 g/mol. The van der Waals surface area contributed by atoms with E-state index in [1.807, 2.05) is 49.4 Å². The fourth-order valence-corrected chi connectivity index (χ4v) is 3.32. The third-order valence-electron chi connectivity index (χ3n) is 4.80. The largest absolute Gasteiger partial charge is 0.489 e. The van der Waals surface area contributed by atoms with Crippen molar-refractivity contribution < 1.29 is 9.15 Å². The van der Waals surface area contributed by atoms with E-state index in [2.05, 4.69) is 32.9 Å². The first-order valence-corrected chi connectivity index (χ1v) is 10.00. The van der Waals surface area contributed by atoms with Crippen molar-refractivity contribution in [2.45, 2.75) is 40.5 Å². The van der Waals surface area contributed by atoms with Crippen LogP contribution >= 0.6 is 0 Å². The Balaban J connectivity index is 1.93. The van der Waals surface area contributed by atoms with Crippen LogP contribution in [0.1, 0.15) is 39.2 Å². The summed E-state index contributed by atoms with van der Waals surface area (Å²) in [5.41, 5.74) is 5.62. The molecule has 1 heterocycles. The molecule has 0 atom stereocenters. The van der Waals surface area contributed by atoms with Gasteiger partial charge in [0.1, 0.15) is 17.9 Å². The second-order valence-corrected chi connectivity index (χ2v) is 7.66. The van der Waals surface area contributed by atoms with E-state index < -0.39 is 0 Å². The molecular weight excluding hydrogens is 360 g/mol. The molecule has 150 valence electrons. The summed E-state index contributed by atoms with van der Waals surface area (Å²) in [5, 5.41) is 0.831. The second kappa shape index (κ2) is 9.42. The highest BCUT2D eigenvalue weighted by molar-refractivity contribution is 5.98. The summed E-state index contributed by atoms with van der Waals surface area (Å²) in [7, 11) is 0. The number of aryl methyl sites for hydroxylation is 1. The average Bonchev–Trinajstić information content (AvgIpc) is 2.67. The molecule has 0 spiro atoms. The number of benzene rings is 2. The zero-order chi connectivity index (χ0) is 20.8. The van der Waals surface area contributed by atoms with Crippen LogP contribution in [0.3, 0.4) is 0 Å². The van der Waals surface area contributed by atoms with Crippen LogP contribution in [0.4, 0.5) is 0 Å². The van der Waals surface area contributed by atoms with Crippen molar-refractivity contribution in [3.63, 3.8) is 0 Å². The van der Waals surface area contributed by atoms with Gasteiger partial charge in [0.15, 0.2) is 0 Å². The molecule has 0 unspecified atom stereocenters. The Bertz CT molecular complexity index is 1100. The summed E-state index contributed by atoms with van der Waals surface area (Å²) in [6.07, 6.45) is 6.43. The molecule has 3 nitrogen and oxygen atoms in total. The zero-order valence-corrected chi connectivity index (χ0v) is 17.6. The van der Waals surface area contributed by atoms with Gasteiger partial charge in [0.05, 0.1) is 5.39 Å². The van der Waals surface area contributed by atoms with E-state index in [0.29, 0.717) is 12.2 Å². The smallest absolute Gasteiger partial charge is 0.336 e. The molecule has 0 saturated heterocycles. The summed E-state index contributed by atoms with van der Waals surface area (Å²) in [5.74, 6) is 0.732. The van der Waals surface area contributed by atoms with Gasteiger partial charge in [-0.05, 0) is 69.9 Å². The molecule has 2 aromatic carbocycles. The molecule has 0 aliphatic carbocycles. The molecule has 3 heteroatoms. The van der Waals surface area contributed by atoms with E-state index in [1.165, 1.54) is 11.1 Å². The standard InChI is InChI=1S/C26H28O3/c1-18(2)9-8-10-19(3)13-14-28-23-15-20(4)16-24-26(23)22(17-25(27)29-24)21-11-6-5-7-12-21/h5-7,9,11-13,15-17H,8,10,14H2,1-4H3. The number of ether oxygens (including phenoxy) is 1. The van der Waals surface area contributed by atoms with Gasteiger partial charge in [-0.2, -0.15) is 0 Å². The van der Waals surface area contributed by atoms with Crippen molar-refractivity contribution in [2.75, 3.05) is 6.61 Å². The fraction of sp³-hybridized carbons (Fsp3) is 0.269. The molecule has 3 rings (SSSR count). The van der Waals surface area contributed by atoms with Gasteiger partial charge in [-0.1, -0.05) is 47.6 Å². The Morgan fingerprint density at radius 2 is 1.79 bits per heavy atom. The maximum Gasteiger partial charge on any atom is 0.336 e. The van der Waals surface area contributed by atoms with Gasteiger partial charge in [-0.25, -0.2) is 4.79 Å². The molecule has 1 aromatic heterocycles. The molecule has 0 N–H and O–H groups in total. The predicted octanol–water partition coefficient (Wildman–Crippen LogP) is 6.84. The zero-order valence-electron chi connectivity index (χ0n) is 17.6. The fourth-order valence-electron chi connectivity index (χ4n) is 3.32. The minimum Gasteiger partial charge on any atom is -0.489 e. The first-order valence-electron chi connectivity index (χ1n) is 10.00. The van der Waals surface area contributed by atoms with Crippen LogP contribution in [0.2, 0.25) is 0 Å². The molecule has 0 radical (unpaired) electrons. The highest BCUT2D eigenvalue weighted by Gasteiger charge is 2.14. The lowest BCUT2D eigenvalue weighted by Gasteiger charge is -2.13. The molecule has 0 saturated carbocycles. The Hall–Kier alpha value is -3.07. The first-order chi connectivity index (χ1) is 13.9. The summed E-state index contributed by atoms with van der Waals surface area (Å²) in [4.78, 5) is 12.1. The van der Waals surface area contributed by atoms with Gasteiger partial charge in [-0.3, -0.25) is 0 Å². The molecule has 0 aliphatic rings. The van der Waals surface area contributed by atoms with Gasteiger partial charge >= 0.3 is 5.63 Å². The van der Waals surface area contributed by atoms with Crippen LogP contribution in [0.15, 0.2) is 81.0 Å². The van der Waals surface area contributed by atoms with Crippen LogP contribution in [0, 0.1) is 6.92 Å². The maximum atomic E-state index is 12.1. The molecule has 3 aromatic rings. The number of rotatable bonds is 7. The lowest BCUT2D eigenvalue weighted by molar-refractivity contribution is 0.365. The number of hydrogen-bond acceptors (Lipinski definition) is 3. The van der Waals surface area contributed by atoms with Crippen molar-refractivity contribution in [3.8, 4) is 16.9 Å². The van der Waals surface area contributed by atoms with E-state index in [1.54, 1.807) is 6.07 Å². The molecular formula is C26H28O3. The van der Waals surface area contributed by atoms with Gasteiger partial charge in [-0.15, -0.1) is 0 Å². The summed E-state index contributed by atoms with van der Waals surface area (Å²) in [6.45, 7) is 8.82. The number of hydrogen-bond donors (Lipinski definition) is 0. The summed E-state index contributed by atoms with van der Waals surface area (Å²) >= 11 is 0. The second-order valence-electron chi connectivity index (χ2n) is 7.66. The predicted molar refractivity (Wildman–Crippen MR) is 121 cm³/mol. The lowest BCUT2D eigenvalue weighted by atomic mass is 10.0. The highest BCUT2D eigenvalue weighted by Crippen LogP contribution is 2.35. The van der Waals surface area contributed by atoms with Crippen LogP contribution in [0.25, 0.3) is 22.1 Å². The van der Waals surface area contributed by atoms with Crippen molar-refractivity contribution in [2.24, 2.45) is 0 Å². The number of allylic oxidation sites excluding steroid dienone is 3. The van der Waals surface area contributed by atoms with E-state index in [-0.39, 0.29) is 5.63 Å². The third kappa shape index (κ3) is 5.47. The van der Waals surface area contributed by atoms with Gasteiger partial charge in [0.25, 0.3) is 0 Å². The minimum atomic E-state index is -0.358. The van der Waals surface area contributed by atoms with E-state index in [4.69, 9.17) is 9.15 Å². The molecule has 29 heavy (non-hydrogen) atoms. The van der Waals surface area contributed by atoms with Crippen LogP contribution in [-0.2, 0) is 0 Å². The Kier molecular flexibility index (Phi) is 6.71. The van der Waals surface area contributed by atoms with E-state index in [0.717, 1.165) is 40.7 Å². The van der Waals surface area contributed by atoms with Crippen LogP contribution in [0.5, 0.6) is 5.75 Å². The van der Waals surface area contributed by atoms with Crippen LogP contribution in [-0.4, -0.2) is 6.61 Å². The maximum absolute atomic E-state index is 12.1. The first kappa shape index (κ1) is 20.7. The summed E-state index contributed by atoms with van der Waals surface area (Å²) in [6, 6.07) is 15.3. The number of fused-ring (bicyclic) bond motifs is 1. The van der Waals surface area contributed by atoms with Gasteiger partial charge in [0.2, 0.25) is 0 Å². The molecule has 0 bridgehead atoms. The van der Waals surface area contributed by atoms with Gasteiger partial charge in [0, 0.05) is 11.6 Å². The molecule has 0 amide bonds. The normalized spacial score (nSPS) is 11.5. The Morgan fingerprint density at radius 3 is 2.52 bits per heavy atom. The van der Waals surface area contributed by atoms with E-state index in [9.17, 15) is 4.79 Å². The van der Waals surface area contributed by atoms with E-state index >= 15 is 0 Å². The SMILES string of the molecule is CC(C)=CCCC(C)=CCOc1cc(C)cc2oc(=O)cc(-c3ccccc3)c12. The minimum absolute atomic E-state index is 0.358. The average molecular weight is 389 g/mol. The van der Waals surface area contributed by atoms with Crippen molar-refractivity contribution in [1.29, 1.82) is 0 Å². The highest BCUT2D eigenvalue weighted by atomic mass is 16.5. The lowest BCUT2D eigenvalue weighted by Crippen LogP contribution is -2.02. The van der Waals surface area contributed by atoms with Crippen molar-refractivity contribution in [3.05, 3.63) is 87.8 Å². The third-order valence-corrected chi connectivity index (χ3v) is 4.80. The molecule has 0 fully saturated rings. The Labute approximate surface area is 172 Å². The van der Waals surface area contributed by atoms with Gasteiger partial charge < -0.3 is 9.15 Å². The Morgan fingerprint density at radius 1 is 1.03 bits per heavy atom. The summed E-state index contributed by atoms with van der Waals surface area (Å²) < 4.78 is 11.6. The molecule has 0 aliphatic heterocycles. The van der Waals surface area contributed by atoms with Crippen molar-refractivity contribution in [1.82, 2.24) is 0 Å². The topological polar surface area (TPSA) is 39.4 Å². The quantitative estimate of drug-likeness (QED) is 0.328. The van der Waals surface area contributed by atoms with Crippen LogP contribution < -0.4 is 10.4 Å².